The molecule has 1 fully saturated rings. The zero-order valence-corrected chi connectivity index (χ0v) is 10.8. The Morgan fingerprint density at radius 1 is 1.24 bits per heavy atom. The van der Waals surface area contributed by atoms with Gasteiger partial charge >= 0.3 is 0 Å². The molecule has 0 saturated heterocycles. The minimum absolute atomic E-state index is 0.124. The Morgan fingerprint density at radius 3 is 2.65 bits per heavy atom. The summed E-state index contributed by atoms with van der Waals surface area (Å²) in [6, 6.07) is 9.34. The molecule has 0 aromatic heterocycles. The van der Waals surface area contributed by atoms with Crippen molar-refractivity contribution in [3.63, 3.8) is 0 Å². The Bertz CT molecular complexity index is 341. The zero-order valence-electron chi connectivity index (χ0n) is 10.8. The highest BCUT2D eigenvalue weighted by Crippen LogP contribution is 2.19. The molecular formula is C15H24N2. The van der Waals surface area contributed by atoms with Crippen molar-refractivity contribution in [2.24, 2.45) is 5.73 Å². The van der Waals surface area contributed by atoms with Gasteiger partial charge in [0.15, 0.2) is 0 Å². The lowest BCUT2D eigenvalue weighted by Crippen LogP contribution is -2.31. The van der Waals surface area contributed by atoms with Crippen molar-refractivity contribution in [2.45, 2.75) is 57.7 Å². The topological polar surface area (TPSA) is 38.0 Å². The zero-order chi connectivity index (χ0) is 12.1. The van der Waals surface area contributed by atoms with E-state index in [1.807, 2.05) is 0 Å². The average Bonchev–Trinajstić information content (AvgIpc) is 2.38. The van der Waals surface area contributed by atoms with E-state index in [9.17, 15) is 0 Å². The number of rotatable bonds is 4. The second kappa shape index (κ2) is 6.18. The molecule has 1 aliphatic rings. The number of hydrogen-bond donors (Lipinski definition) is 2. The van der Waals surface area contributed by atoms with Crippen LogP contribution in [0.1, 0.15) is 56.2 Å². The van der Waals surface area contributed by atoms with E-state index in [4.69, 9.17) is 5.73 Å². The Labute approximate surface area is 105 Å². The van der Waals surface area contributed by atoms with Crippen molar-refractivity contribution in [1.82, 2.24) is 5.32 Å². The van der Waals surface area contributed by atoms with Crippen LogP contribution < -0.4 is 11.1 Å². The molecule has 1 atom stereocenters. The lowest BCUT2D eigenvalue weighted by Gasteiger charge is -2.23. The summed E-state index contributed by atoms with van der Waals surface area (Å²) in [5.74, 6) is 0. The smallest absolute Gasteiger partial charge is 0.0269 e. The molecule has 0 radical (unpaired) electrons. The lowest BCUT2D eigenvalue weighted by atomic mass is 9.95. The summed E-state index contributed by atoms with van der Waals surface area (Å²) in [5.41, 5.74) is 8.62. The maximum atomic E-state index is 6.00. The Morgan fingerprint density at radius 2 is 1.94 bits per heavy atom. The summed E-state index contributed by atoms with van der Waals surface area (Å²) in [6.07, 6.45) is 6.84. The van der Waals surface area contributed by atoms with Crippen LogP contribution in [-0.2, 0) is 6.54 Å². The molecule has 17 heavy (non-hydrogen) atoms. The highest BCUT2D eigenvalue weighted by Gasteiger charge is 2.13. The van der Waals surface area contributed by atoms with E-state index in [0.29, 0.717) is 6.04 Å². The van der Waals surface area contributed by atoms with Gasteiger partial charge in [-0.25, -0.2) is 0 Å². The third kappa shape index (κ3) is 3.55. The predicted octanol–water partition coefficient (Wildman–Crippen LogP) is 3.13. The number of hydrogen-bond acceptors (Lipinski definition) is 2. The molecule has 1 aromatic rings. The Balaban J connectivity index is 1.93. The third-order valence-corrected chi connectivity index (χ3v) is 3.73. The molecule has 0 bridgehead atoms. The number of nitrogens with two attached hydrogens (primary N) is 1. The van der Waals surface area contributed by atoms with Crippen LogP contribution in [0.2, 0.25) is 0 Å². The van der Waals surface area contributed by atoms with Gasteiger partial charge in [-0.3, -0.25) is 0 Å². The molecule has 1 aliphatic carbocycles. The first-order valence-corrected chi connectivity index (χ1v) is 6.84. The first kappa shape index (κ1) is 12.6. The fraction of sp³-hybridized carbons (Fsp3) is 0.600. The fourth-order valence-electron chi connectivity index (χ4n) is 2.70. The van der Waals surface area contributed by atoms with Crippen LogP contribution in [0.5, 0.6) is 0 Å². The van der Waals surface area contributed by atoms with Gasteiger partial charge in [0.05, 0.1) is 0 Å². The van der Waals surface area contributed by atoms with E-state index in [1.165, 1.54) is 43.2 Å². The van der Waals surface area contributed by atoms with Gasteiger partial charge in [0.25, 0.3) is 0 Å². The Hall–Kier alpha value is -0.860. The molecule has 0 aliphatic heterocycles. The van der Waals surface area contributed by atoms with E-state index < -0.39 is 0 Å². The van der Waals surface area contributed by atoms with Gasteiger partial charge in [0, 0.05) is 18.6 Å². The summed E-state index contributed by atoms with van der Waals surface area (Å²) >= 11 is 0. The SMILES string of the molecule is CC(N)c1ccccc1CNC1CCCCC1. The number of nitrogens with one attached hydrogen (secondary N) is 1. The summed E-state index contributed by atoms with van der Waals surface area (Å²) in [7, 11) is 0. The first-order chi connectivity index (χ1) is 8.27. The van der Waals surface area contributed by atoms with Crippen LogP contribution in [0.15, 0.2) is 24.3 Å². The summed E-state index contributed by atoms with van der Waals surface area (Å²) in [5, 5.41) is 3.68. The molecule has 2 heteroatoms. The quantitative estimate of drug-likeness (QED) is 0.837. The molecule has 2 rings (SSSR count). The van der Waals surface area contributed by atoms with E-state index in [0.717, 1.165) is 6.54 Å². The van der Waals surface area contributed by atoms with Crippen molar-refractivity contribution in [2.75, 3.05) is 0 Å². The van der Waals surface area contributed by atoms with Crippen LogP contribution in [0, 0.1) is 0 Å². The lowest BCUT2D eigenvalue weighted by molar-refractivity contribution is 0.372. The van der Waals surface area contributed by atoms with Gasteiger partial charge in [-0.1, -0.05) is 43.5 Å². The van der Waals surface area contributed by atoms with Gasteiger partial charge in [-0.15, -0.1) is 0 Å². The molecule has 1 saturated carbocycles. The van der Waals surface area contributed by atoms with Crippen LogP contribution in [-0.4, -0.2) is 6.04 Å². The minimum atomic E-state index is 0.124. The largest absolute Gasteiger partial charge is 0.324 e. The fourth-order valence-corrected chi connectivity index (χ4v) is 2.70. The minimum Gasteiger partial charge on any atom is -0.324 e. The van der Waals surface area contributed by atoms with Crippen molar-refractivity contribution in [3.05, 3.63) is 35.4 Å². The van der Waals surface area contributed by atoms with E-state index >= 15 is 0 Å². The normalized spacial score (nSPS) is 19.2. The van der Waals surface area contributed by atoms with E-state index in [1.54, 1.807) is 0 Å². The molecule has 0 amide bonds. The van der Waals surface area contributed by atoms with Crippen LogP contribution in [0.4, 0.5) is 0 Å². The second-order valence-electron chi connectivity index (χ2n) is 5.20. The highest BCUT2D eigenvalue weighted by atomic mass is 14.9. The average molecular weight is 232 g/mol. The molecule has 0 spiro atoms. The number of benzene rings is 1. The molecule has 1 unspecified atom stereocenters. The molecule has 2 nitrogen and oxygen atoms in total. The monoisotopic (exact) mass is 232 g/mol. The first-order valence-electron chi connectivity index (χ1n) is 6.84. The maximum absolute atomic E-state index is 6.00. The molecule has 1 aromatic carbocycles. The van der Waals surface area contributed by atoms with Crippen LogP contribution >= 0.6 is 0 Å². The predicted molar refractivity (Wildman–Crippen MR) is 72.8 cm³/mol. The summed E-state index contributed by atoms with van der Waals surface area (Å²) < 4.78 is 0. The van der Waals surface area contributed by atoms with E-state index in [2.05, 4.69) is 36.5 Å². The summed E-state index contributed by atoms with van der Waals surface area (Å²) in [4.78, 5) is 0. The standard InChI is InChI=1S/C15H24N2/c1-12(16)15-10-6-5-7-13(15)11-17-14-8-3-2-4-9-14/h5-7,10,12,14,17H,2-4,8-9,11,16H2,1H3. The van der Waals surface area contributed by atoms with Crippen LogP contribution in [0.3, 0.4) is 0 Å². The van der Waals surface area contributed by atoms with Gasteiger partial charge in [0.2, 0.25) is 0 Å². The van der Waals surface area contributed by atoms with E-state index in [-0.39, 0.29) is 6.04 Å². The van der Waals surface area contributed by atoms with Gasteiger partial charge in [-0.05, 0) is 30.9 Å². The third-order valence-electron chi connectivity index (χ3n) is 3.73. The summed E-state index contributed by atoms with van der Waals surface area (Å²) in [6.45, 7) is 3.02. The van der Waals surface area contributed by atoms with Crippen molar-refractivity contribution in [1.29, 1.82) is 0 Å². The van der Waals surface area contributed by atoms with Crippen molar-refractivity contribution < 1.29 is 0 Å². The second-order valence-corrected chi connectivity index (χ2v) is 5.20. The molecular weight excluding hydrogens is 208 g/mol. The van der Waals surface area contributed by atoms with Crippen LogP contribution in [0.25, 0.3) is 0 Å². The molecule has 94 valence electrons. The van der Waals surface area contributed by atoms with Gasteiger partial charge in [0.1, 0.15) is 0 Å². The highest BCUT2D eigenvalue weighted by molar-refractivity contribution is 5.29. The Kier molecular flexibility index (Phi) is 4.57. The van der Waals surface area contributed by atoms with Gasteiger partial charge < -0.3 is 11.1 Å². The molecule has 0 heterocycles. The van der Waals surface area contributed by atoms with Crippen molar-refractivity contribution >= 4 is 0 Å². The van der Waals surface area contributed by atoms with Crippen molar-refractivity contribution in [3.8, 4) is 0 Å². The van der Waals surface area contributed by atoms with Gasteiger partial charge in [-0.2, -0.15) is 0 Å². The molecule has 3 N–H and O–H groups in total. The maximum Gasteiger partial charge on any atom is 0.0269 e.